The van der Waals surface area contributed by atoms with Gasteiger partial charge in [-0.25, -0.2) is 0 Å². The average Bonchev–Trinajstić information content (AvgIpc) is 3.02. The second kappa shape index (κ2) is 12.0. The van der Waals surface area contributed by atoms with Crippen LogP contribution in [0.4, 0.5) is 22.7 Å². The molecule has 0 radical (unpaired) electrons. The van der Waals surface area contributed by atoms with E-state index in [-0.39, 0.29) is 0 Å². The summed E-state index contributed by atoms with van der Waals surface area (Å²) in [5, 5.41) is 9.57. The van der Waals surface area contributed by atoms with E-state index in [9.17, 15) is 0 Å². The number of hydrogen-bond donors (Lipinski definition) is 2. The minimum Gasteiger partial charge on any atom is -0.355 e. The standard InChI is InChI=1S/C38H30N2/c1-3-9-29(10-4-1)15-17-31-19-23-33(24-20-31)39-37-27-28-38(36-14-8-7-13-35(36)37)40-34-25-21-32(22-26-34)18-16-30-11-5-2-6-12-30/h1-28,39-40H/b17-15+,18-16+. The molecule has 2 heteroatoms. The molecule has 0 spiro atoms. The molecule has 0 heterocycles. The maximum Gasteiger partial charge on any atom is 0.0465 e. The van der Waals surface area contributed by atoms with E-state index >= 15 is 0 Å². The van der Waals surface area contributed by atoms with E-state index < -0.39 is 0 Å². The minimum atomic E-state index is 1.06. The van der Waals surface area contributed by atoms with Crippen LogP contribution in [0, 0.1) is 0 Å². The Morgan fingerprint density at radius 3 is 1.00 bits per heavy atom. The molecule has 0 amide bonds. The first-order valence-electron chi connectivity index (χ1n) is 13.5. The highest BCUT2D eigenvalue weighted by molar-refractivity contribution is 6.03. The van der Waals surface area contributed by atoms with E-state index in [4.69, 9.17) is 0 Å². The number of benzene rings is 6. The van der Waals surface area contributed by atoms with Crippen LogP contribution in [0.5, 0.6) is 0 Å². The van der Waals surface area contributed by atoms with Gasteiger partial charge in [-0.2, -0.15) is 0 Å². The monoisotopic (exact) mass is 514 g/mol. The van der Waals surface area contributed by atoms with Gasteiger partial charge in [0.1, 0.15) is 0 Å². The summed E-state index contributed by atoms with van der Waals surface area (Å²) >= 11 is 0. The van der Waals surface area contributed by atoms with Crippen LogP contribution in [0.2, 0.25) is 0 Å². The predicted molar refractivity (Wildman–Crippen MR) is 174 cm³/mol. The Morgan fingerprint density at radius 2 is 0.625 bits per heavy atom. The van der Waals surface area contributed by atoms with Crippen molar-refractivity contribution in [2.45, 2.75) is 0 Å². The summed E-state index contributed by atoms with van der Waals surface area (Å²) in [7, 11) is 0. The smallest absolute Gasteiger partial charge is 0.0465 e. The Morgan fingerprint density at radius 1 is 0.300 bits per heavy atom. The Balaban J connectivity index is 1.17. The molecule has 40 heavy (non-hydrogen) atoms. The molecule has 0 aliphatic carbocycles. The van der Waals surface area contributed by atoms with Crippen molar-refractivity contribution in [1.82, 2.24) is 0 Å². The third-order valence-electron chi connectivity index (χ3n) is 6.84. The third kappa shape index (κ3) is 6.20. The molecule has 192 valence electrons. The molecule has 0 aliphatic heterocycles. The second-order valence-corrected chi connectivity index (χ2v) is 9.69. The molecule has 0 saturated heterocycles. The van der Waals surface area contributed by atoms with Crippen LogP contribution in [-0.4, -0.2) is 0 Å². The molecule has 6 aromatic carbocycles. The number of nitrogens with one attached hydrogen (secondary N) is 2. The van der Waals surface area contributed by atoms with Crippen LogP contribution in [0.1, 0.15) is 22.3 Å². The lowest BCUT2D eigenvalue weighted by Gasteiger charge is -2.15. The topological polar surface area (TPSA) is 24.1 Å². The molecule has 0 saturated carbocycles. The summed E-state index contributed by atoms with van der Waals surface area (Å²) in [6.45, 7) is 0. The third-order valence-corrected chi connectivity index (χ3v) is 6.84. The van der Waals surface area contributed by atoms with Crippen molar-refractivity contribution in [1.29, 1.82) is 0 Å². The molecular formula is C38H30N2. The minimum absolute atomic E-state index is 1.06. The fourth-order valence-corrected chi connectivity index (χ4v) is 4.70. The van der Waals surface area contributed by atoms with Crippen molar-refractivity contribution >= 4 is 57.8 Å². The van der Waals surface area contributed by atoms with Crippen molar-refractivity contribution < 1.29 is 0 Å². The van der Waals surface area contributed by atoms with E-state index in [1.807, 2.05) is 12.1 Å². The summed E-state index contributed by atoms with van der Waals surface area (Å²) in [6.07, 6.45) is 8.55. The van der Waals surface area contributed by atoms with Gasteiger partial charge >= 0.3 is 0 Å². The predicted octanol–water partition coefficient (Wildman–Crippen LogP) is 10.7. The molecule has 0 fully saturated rings. The van der Waals surface area contributed by atoms with Crippen LogP contribution in [0.15, 0.2) is 146 Å². The van der Waals surface area contributed by atoms with Crippen LogP contribution in [-0.2, 0) is 0 Å². The molecule has 0 bridgehead atoms. The number of anilines is 4. The van der Waals surface area contributed by atoms with Crippen molar-refractivity contribution in [2.75, 3.05) is 10.6 Å². The van der Waals surface area contributed by atoms with Gasteiger partial charge in [-0.15, -0.1) is 0 Å². The van der Waals surface area contributed by atoms with Gasteiger partial charge in [0.2, 0.25) is 0 Å². The van der Waals surface area contributed by atoms with E-state index in [2.05, 4.69) is 168 Å². The molecular weight excluding hydrogens is 484 g/mol. The number of rotatable bonds is 8. The summed E-state index contributed by atoms with van der Waals surface area (Å²) in [5.74, 6) is 0. The highest BCUT2D eigenvalue weighted by atomic mass is 14.9. The van der Waals surface area contributed by atoms with Gasteiger partial charge in [0, 0.05) is 33.5 Å². The van der Waals surface area contributed by atoms with Crippen molar-refractivity contribution in [3.63, 3.8) is 0 Å². The summed E-state index contributed by atoms with van der Waals surface area (Å²) < 4.78 is 0. The molecule has 0 unspecified atom stereocenters. The fraction of sp³-hybridized carbons (Fsp3) is 0. The zero-order valence-corrected chi connectivity index (χ0v) is 22.2. The van der Waals surface area contributed by atoms with Crippen molar-refractivity contribution in [2.24, 2.45) is 0 Å². The highest BCUT2D eigenvalue weighted by Gasteiger charge is 2.07. The van der Waals surface area contributed by atoms with Crippen LogP contribution in [0.3, 0.4) is 0 Å². The lowest BCUT2D eigenvalue weighted by molar-refractivity contribution is 1.54. The van der Waals surface area contributed by atoms with Gasteiger partial charge in [-0.05, 0) is 58.7 Å². The van der Waals surface area contributed by atoms with Gasteiger partial charge in [0.15, 0.2) is 0 Å². The highest BCUT2D eigenvalue weighted by Crippen LogP contribution is 2.33. The summed E-state index contributed by atoms with van der Waals surface area (Å²) in [6, 6.07) is 50.6. The SMILES string of the molecule is C(=C\c1ccc(Nc2ccc(Nc3ccc(/C=C/c4ccccc4)cc3)c3ccccc23)cc1)/c1ccccc1. The van der Waals surface area contributed by atoms with Gasteiger partial charge in [-0.1, -0.05) is 133 Å². The fourth-order valence-electron chi connectivity index (χ4n) is 4.70. The van der Waals surface area contributed by atoms with E-state index in [0.717, 1.165) is 22.7 Å². The second-order valence-electron chi connectivity index (χ2n) is 9.69. The zero-order chi connectivity index (χ0) is 27.0. The molecule has 0 atom stereocenters. The van der Waals surface area contributed by atoms with Crippen molar-refractivity contribution in [3.8, 4) is 0 Å². The first-order chi connectivity index (χ1) is 19.8. The maximum atomic E-state index is 3.61. The molecule has 2 N–H and O–H groups in total. The summed E-state index contributed by atoms with van der Waals surface area (Å²) in [4.78, 5) is 0. The van der Waals surface area contributed by atoms with Gasteiger partial charge in [0.05, 0.1) is 0 Å². The largest absolute Gasteiger partial charge is 0.355 e. The van der Waals surface area contributed by atoms with Crippen LogP contribution < -0.4 is 10.6 Å². The van der Waals surface area contributed by atoms with E-state index in [1.165, 1.54) is 33.0 Å². The number of hydrogen-bond acceptors (Lipinski definition) is 2. The maximum absolute atomic E-state index is 3.61. The van der Waals surface area contributed by atoms with Gasteiger partial charge in [-0.3, -0.25) is 0 Å². The first-order valence-corrected chi connectivity index (χ1v) is 13.5. The first kappa shape index (κ1) is 25.0. The summed E-state index contributed by atoms with van der Waals surface area (Å²) in [5.41, 5.74) is 9.00. The van der Waals surface area contributed by atoms with Gasteiger partial charge < -0.3 is 10.6 Å². The molecule has 6 aromatic rings. The molecule has 0 aliphatic rings. The van der Waals surface area contributed by atoms with Crippen LogP contribution >= 0.6 is 0 Å². The van der Waals surface area contributed by atoms with E-state index in [1.54, 1.807) is 0 Å². The quantitative estimate of drug-likeness (QED) is 0.197. The molecule has 2 nitrogen and oxygen atoms in total. The zero-order valence-electron chi connectivity index (χ0n) is 22.2. The van der Waals surface area contributed by atoms with Crippen molar-refractivity contribution in [3.05, 3.63) is 168 Å². The molecule has 6 rings (SSSR count). The Bertz CT molecular complexity index is 1620. The Labute approximate surface area is 236 Å². The number of fused-ring (bicyclic) bond motifs is 1. The Kier molecular flexibility index (Phi) is 7.50. The molecule has 0 aromatic heterocycles. The normalized spacial score (nSPS) is 11.3. The average molecular weight is 515 g/mol. The lowest BCUT2D eigenvalue weighted by atomic mass is 10.1. The van der Waals surface area contributed by atoms with Crippen LogP contribution in [0.25, 0.3) is 35.1 Å². The van der Waals surface area contributed by atoms with Gasteiger partial charge in [0.25, 0.3) is 0 Å². The Hall–Kier alpha value is -5.34. The lowest BCUT2D eigenvalue weighted by Crippen LogP contribution is -1.95. The van der Waals surface area contributed by atoms with E-state index in [0.29, 0.717) is 0 Å².